The van der Waals surface area contributed by atoms with Crippen molar-refractivity contribution in [3.8, 4) is 33.4 Å². The maximum atomic E-state index is 6.17. The second-order valence-corrected chi connectivity index (χ2v) is 17.9. The minimum absolute atomic E-state index is 0.463. The van der Waals surface area contributed by atoms with Crippen molar-refractivity contribution >= 4 is 70.5 Å². The minimum Gasteiger partial charge on any atom is -0.456 e. The van der Waals surface area contributed by atoms with Crippen LogP contribution in [0.15, 0.2) is 241 Å². The molecule has 0 atom stereocenters. The molecular formula is C61H39NOS. The number of benzene rings is 10. The van der Waals surface area contributed by atoms with Crippen LogP contribution in [-0.2, 0) is 5.41 Å². The minimum atomic E-state index is -0.463. The summed E-state index contributed by atoms with van der Waals surface area (Å²) in [4.78, 5) is 2.41. The van der Waals surface area contributed by atoms with Crippen LogP contribution in [0.2, 0.25) is 0 Å². The maximum absolute atomic E-state index is 6.17. The number of hydrogen-bond acceptors (Lipinski definition) is 3. The van der Waals surface area contributed by atoms with Crippen molar-refractivity contribution in [3.63, 3.8) is 0 Å². The van der Waals surface area contributed by atoms with Gasteiger partial charge in [0, 0.05) is 48.0 Å². The number of nitrogens with zero attached hydrogens (tertiary/aromatic N) is 1. The van der Waals surface area contributed by atoms with E-state index in [0.717, 1.165) is 50.1 Å². The maximum Gasteiger partial charge on any atom is 0.135 e. The number of rotatable bonds is 7. The van der Waals surface area contributed by atoms with E-state index in [1.54, 1.807) is 0 Å². The van der Waals surface area contributed by atoms with Crippen molar-refractivity contribution in [1.29, 1.82) is 0 Å². The molecule has 0 bridgehead atoms. The smallest absolute Gasteiger partial charge is 0.135 e. The highest BCUT2D eigenvalue weighted by Crippen LogP contribution is 2.57. The van der Waals surface area contributed by atoms with Crippen LogP contribution in [0, 0.1) is 0 Å². The van der Waals surface area contributed by atoms with Gasteiger partial charge in [0.05, 0.1) is 5.41 Å². The molecule has 3 heteroatoms. The highest BCUT2D eigenvalue weighted by atomic mass is 32.1. The van der Waals surface area contributed by atoms with Gasteiger partial charge in [0.25, 0.3) is 0 Å². The summed E-state index contributed by atoms with van der Waals surface area (Å²) in [5.74, 6) is 0. The van der Waals surface area contributed by atoms with Gasteiger partial charge >= 0.3 is 0 Å². The second kappa shape index (κ2) is 14.6. The summed E-state index contributed by atoms with van der Waals surface area (Å²) in [6, 6.07) is 86.6. The first-order valence-electron chi connectivity index (χ1n) is 21.9. The van der Waals surface area contributed by atoms with E-state index in [-0.39, 0.29) is 0 Å². The van der Waals surface area contributed by atoms with Crippen LogP contribution in [0.1, 0.15) is 22.3 Å². The van der Waals surface area contributed by atoms with Crippen molar-refractivity contribution in [1.82, 2.24) is 0 Å². The zero-order valence-corrected chi connectivity index (χ0v) is 35.6. The lowest BCUT2D eigenvalue weighted by Crippen LogP contribution is -2.28. The van der Waals surface area contributed by atoms with Crippen molar-refractivity contribution < 1.29 is 4.42 Å². The SMILES string of the molecule is c1ccc(C2(c3ccccc3)c3ccccc3-c3cc(N(c4ccc(-c5ccc6oc7ccccc7c6c5)cc4)c4ccc(-c5cccc6sc7ccccc7c56)cc4)ccc32)cc1. The Labute approximate surface area is 375 Å². The van der Waals surface area contributed by atoms with Gasteiger partial charge in [0.2, 0.25) is 0 Å². The first-order chi connectivity index (χ1) is 31.7. The van der Waals surface area contributed by atoms with Crippen LogP contribution in [0.4, 0.5) is 17.1 Å². The van der Waals surface area contributed by atoms with E-state index in [9.17, 15) is 0 Å². The van der Waals surface area contributed by atoms with Gasteiger partial charge in [-0.25, -0.2) is 0 Å². The zero-order chi connectivity index (χ0) is 42.2. The van der Waals surface area contributed by atoms with Crippen molar-refractivity contribution in [2.45, 2.75) is 5.41 Å². The highest BCUT2D eigenvalue weighted by molar-refractivity contribution is 7.25. The molecule has 0 saturated heterocycles. The summed E-state index contributed by atoms with van der Waals surface area (Å²) in [7, 11) is 0. The molecule has 12 aromatic rings. The molecule has 0 aliphatic heterocycles. The van der Waals surface area contributed by atoms with Crippen molar-refractivity contribution in [3.05, 3.63) is 259 Å². The van der Waals surface area contributed by atoms with Gasteiger partial charge in [-0.15, -0.1) is 11.3 Å². The molecule has 300 valence electrons. The third kappa shape index (κ3) is 5.58. The predicted octanol–water partition coefficient (Wildman–Crippen LogP) is 17.1. The Morgan fingerprint density at radius 1 is 0.344 bits per heavy atom. The molecular weight excluding hydrogens is 795 g/mol. The van der Waals surface area contributed by atoms with Crippen LogP contribution >= 0.6 is 11.3 Å². The summed E-state index contributed by atoms with van der Waals surface area (Å²) in [6.07, 6.45) is 0. The zero-order valence-electron chi connectivity index (χ0n) is 34.8. The third-order valence-electron chi connectivity index (χ3n) is 13.4. The molecule has 0 unspecified atom stereocenters. The van der Waals surface area contributed by atoms with E-state index in [2.05, 4.69) is 229 Å². The Morgan fingerprint density at radius 3 is 1.67 bits per heavy atom. The standard InChI is InChI=1S/C61H39NOS/c1-3-14-43(15-4-1)61(44-16-5-2-6-17-44)54-22-10-7-18-49(54)52-39-47(35-36-55(52)61)62(45-31-26-40(27-32-45)42-30-37-57-53(38-42)50-19-8-11-23-56(50)63-57)46-33-28-41(29-34-46)48-21-13-25-59-60(48)51-20-9-12-24-58(51)64-59/h1-39H. The summed E-state index contributed by atoms with van der Waals surface area (Å²) < 4.78 is 8.80. The molecule has 0 spiro atoms. The van der Waals surface area contributed by atoms with Gasteiger partial charge in [-0.3, -0.25) is 0 Å². The first kappa shape index (κ1) is 36.7. The Bertz CT molecular complexity index is 3670. The molecule has 0 fully saturated rings. The van der Waals surface area contributed by atoms with E-state index in [1.165, 1.54) is 64.7 Å². The second-order valence-electron chi connectivity index (χ2n) is 16.8. The van der Waals surface area contributed by atoms with Gasteiger partial charge in [-0.1, -0.05) is 170 Å². The fraction of sp³-hybridized carbons (Fsp3) is 0.0164. The lowest BCUT2D eigenvalue weighted by atomic mass is 9.68. The molecule has 2 heterocycles. The Balaban J connectivity index is 0.973. The molecule has 1 aliphatic carbocycles. The van der Waals surface area contributed by atoms with Gasteiger partial charge in [0.1, 0.15) is 11.2 Å². The van der Waals surface area contributed by atoms with Gasteiger partial charge < -0.3 is 9.32 Å². The lowest BCUT2D eigenvalue weighted by molar-refractivity contribution is 0.669. The molecule has 64 heavy (non-hydrogen) atoms. The predicted molar refractivity (Wildman–Crippen MR) is 269 cm³/mol. The Hall–Kier alpha value is -7.98. The molecule has 2 nitrogen and oxygen atoms in total. The average molecular weight is 834 g/mol. The molecule has 13 rings (SSSR count). The molecule has 0 radical (unpaired) electrons. The fourth-order valence-corrected chi connectivity index (χ4v) is 11.7. The van der Waals surface area contributed by atoms with Crippen molar-refractivity contribution in [2.24, 2.45) is 0 Å². The van der Waals surface area contributed by atoms with E-state index in [0.29, 0.717) is 0 Å². The van der Waals surface area contributed by atoms with E-state index < -0.39 is 5.41 Å². The number of anilines is 3. The quantitative estimate of drug-likeness (QED) is 0.159. The average Bonchev–Trinajstić information content (AvgIpc) is 4.03. The molecule has 1 aliphatic rings. The summed E-state index contributed by atoms with van der Waals surface area (Å²) in [6.45, 7) is 0. The third-order valence-corrected chi connectivity index (χ3v) is 14.5. The topological polar surface area (TPSA) is 16.4 Å². The van der Waals surface area contributed by atoms with E-state index in [1.807, 2.05) is 23.5 Å². The molecule has 0 saturated carbocycles. The number of fused-ring (bicyclic) bond motifs is 9. The Morgan fingerprint density at radius 2 is 0.906 bits per heavy atom. The van der Waals surface area contributed by atoms with Crippen LogP contribution in [-0.4, -0.2) is 0 Å². The number of furan rings is 1. The summed E-state index contributed by atoms with van der Waals surface area (Å²) >= 11 is 1.86. The van der Waals surface area contributed by atoms with Crippen LogP contribution in [0.25, 0.3) is 75.5 Å². The van der Waals surface area contributed by atoms with Crippen LogP contribution in [0.5, 0.6) is 0 Å². The fourth-order valence-electron chi connectivity index (χ4n) is 10.5. The lowest BCUT2D eigenvalue weighted by Gasteiger charge is -2.34. The van der Waals surface area contributed by atoms with Crippen molar-refractivity contribution in [2.75, 3.05) is 4.90 Å². The number of thiophene rings is 1. The number of hydrogen-bond donors (Lipinski definition) is 0. The van der Waals surface area contributed by atoms with Gasteiger partial charge in [-0.2, -0.15) is 0 Å². The highest BCUT2D eigenvalue weighted by Gasteiger charge is 2.46. The van der Waals surface area contributed by atoms with Gasteiger partial charge in [-0.05, 0) is 122 Å². The van der Waals surface area contributed by atoms with Crippen LogP contribution in [0.3, 0.4) is 0 Å². The summed E-state index contributed by atoms with van der Waals surface area (Å²) in [5, 5.41) is 4.90. The summed E-state index contributed by atoms with van der Waals surface area (Å²) in [5.41, 5.74) is 17.0. The molecule has 10 aromatic carbocycles. The Kier molecular flexibility index (Phi) is 8.34. The van der Waals surface area contributed by atoms with E-state index in [4.69, 9.17) is 4.42 Å². The number of para-hydroxylation sites is 1. The van der Waals surface area contributed by atoms with Gasteiger partial charge in [0.15, 0.2) is 0 Å². The normalized spacial score (nSPS) is 12.8. The molecule has 0 amide bonds. The monoisotopic (exact) mass is 833 g/mol. The van der Waals surface area contributed by atoms with Crippen LogP contribution < -0.4 is 4.90 Å². The molecule has 0 N–H and O–H groups in total. The molecule has 2 aromatic heterocycles. The van der Waals surface area contributed by atoms with E-state index >= 15 is 0 Å². The first-order valence-corrected chi connectivity index (χ1v) is 22.7. The largest absolute Gasteiger partial charge is 0.456 e.